The lowest BCUT2D eigenvalue weighted by Crippen LogP contribution is -2.39. The van der Waals surface area contributed by atoms with E-state index in [2.05, 4.69) is 0 Å². The van der Waals surface area contributed by atoms with Crippen LogP contribution in [-0.4, -0.2) is 40.6 Å². The lowest BCUT2D eigenvalue weighted by atomic mass is 10.1. The van der Waals surface area contributed by atoms with Crippen LogP contribution < -0.4 is 0 Å². The molecule has 1 aromatic carbocycles. The van der Waals surface area contributed by atoms with Crippen LogP contribution >= 0.6 is 23.1 Å². The summed E-state index contributed by atoms with van der Waals surface area (Å²) in [6.45, 7) is -0.281. The molecular weight excluding hydrogens is 349 g/mol. The maximum atomic E-state index is 14.2. The fraction of sp³-hybridized carbons (Fsp3) is 0.294. The van der Waals surface area contributed by atoms with Crippen LogP contribution in [0.2, 0.25) is 0 Å². The molecule has 1 atom stereocenters. The molecular formula is C17H16FNO3S2. The molecule has 0 radical (unpaired) electrons. The Hall–Kier alpha value is -1.86. The third kappa shape index (κ3) is 3.47. The van der Waals surface area contributed by atoms with Gasteiger partial charge in [-0.2, -0.15) is 0 Å². The number of hydrogen-bond acceptors (Lipinski definition) is 4. The minimum atomic E-state index is -2.34. The van der Waals surface area contributed by atoms with E-state index in [1.165, 1.54) is 9.78 Å². The molecule has 1 unspecified atom stereocenters. The summed E-state index contributed by atoms with van der Waals surface area (Å²) in [5.74, 6) is -1.06. The Morgan fingerprint density at radius 1 is 1.29 bits per heavy atom. The van der Waals surface area contributed by atoms with Crippen LogP contribution in [-0.2, 0) is 10.5 Å². The molecule has 1 saturated heterocycles. The Labute approximate surface area is 147 Å². The molecule has 1 aliphatic heterocycles. The number of nitrogens with zero attached hydrogens (tertiary/aromatic N) is 1. The molecule has 126 valence electrons. The number of carbonyl (C=O) groups is 2. The van der Waals surface area contributed by atoms with Crippen molar-refractivity contribution < 1.29 is 19.1 Å². The Bertz CT molecular complexity index is 750. The molecule has 3 rings (SSSR count). The third-order valence-corrected chi connectivity index (χ3v) is 6.14. The van der Waals surface area contributed by atoms with Gasteiger partial charge in [0.1, 0.15) is 0 Å². The van der Waals surface area contributed by atoms with Gasteiger partial charge in [-0.05, 0) is 23.6 Å². The monoisotopic (exact) mass is 365 g/mol. The second-order valence-electron chi connectivity index (χ2n) is 5.61. The average molecular weight is 365 g/mol. The standard InChI is InChI=1S/C17H16FNO3S2/c18-17(16(21)22)7-8-19(11-17)15(20)13-5-1-2-6-14(13)24-10-12-4-3-9-23-12/h1-6,9H,7-8,10-11H2,(H,21,22). The van der Waals surface area contributed by atoms with Crippen molar-refractivity contribution in [1.29, 1.82) is 0 Å². The lowest BCUT2D eigenvalue weighted by Gasteiger charge is -2.19. The number of rotatable bonds is 5. The molecule has 4 nitrogen and oxygen atoms in total. The Morgan fingerprint density at radius 2 is 2.08 bits per heavy atom. The van der Waals surface area contributed by atoms with E-state index in [0.717, 1.165) is 10.6 Å². The van der Waals surface area contributed by atoms with Gasteiger partial charge in [0.05, 0.1) is 12.1 Å². The zero-order valence-electron chi connectivity index (χ0n) is 12.8. The van der Waals surface area contributed by atoms with Crippen molar-refractivity contribution in [3.8, 4) is 0 Å². The van der Waals surface area contributed by atoms with Crippen molar-refractivity contribution in [3.05, 3.63) is 52.2 Å². The number of carboxylic acid groups (broad SMARTS) is 1. The Balaban J connectivity index is 1.74. The number of benzene rings is 1. The van der Waals surface area contributed by atoms with E-state index in [-0.39, 0.29) is 18.9 Å². The van der Waals surface area contributed by atoms with E-state index in [1.54, 1.807) is 35.2 Å². The van der Waals surface area contributed by atoms with Gasteiger partial charge in [-0.1, -0.05) is 18.2 Å². The second kappa shape index (κ2) is 6.94. The number of carbonyl (C=O) groups excluding carboxylic acids is 1. The van der Waals surface area contributed by atoms with Gasteiger partial charge in [-0.25, -0.2) is 9.18 Å². The largest absolute Gasteiger partial charge is 0.479 e. The van der Waals surface area contributed by atoms with Gasteiger partial charge < -0.3 is 10.0 Å². The third-order valence-electron chi connectivity index (χ3n) is 3.96. The van der Waals surface area contributed by atoms with Crippen LogP contribution in [0.1, 0.15) is 21.7 Å². The van der Waals surface area contributed by atoms with Crippen molar-refractivity contribution in [1.82, 2.24) is 4.90 Å². The zero-order chi connectivity index (χ0) is 17.2. The molecule has 1 aromatic heterocycles. The van der Waals surface area contributed by atoms with Crippen molar-refractivity contribution in [2.75, 3.05) is 13.1 Å². The first-order valence-corrected chi connectivity index (χ1v) is 9.32. The van der Waals surface area contributed by atoms with Crippen molar-refractivity contribution in [3.63, 3.8) is 0 Å². The normalized spacial score (nSPS) is 20.3. The summed E-state index contributed by atoms with van der Waals surface area (Å²) >= 11 is 3.20. The SMILES string of the molecule is O=C(c1ccccc1SCc1cccs1)N1CCC(F)(C(=O)O)C1. The molecule has 1 aliphatic rings. The molecule has 7 heteroatoms. The fourth-order valence-corrected chi connectivity index (χ4v) is 4.42. The highest BCUT2D eigenvalue weighted by molar-refractivity contribution is 7.98. The van der Waals surface area contributed by atoms with Gasteiger partial charge in [0.25, 0.3) is 5.91 Å². The minimum absolute atomic E-state index is 0.117. The van der Waals surface area contributed by atoms with Crippen LogP contribution in [0.3, 0.4) is 0 Å². The van der Waals surface area contributed by atoms with E-state index in [9.17, 15) is 14.0 Å². The maximum absolute atomic E-state index is 14.2. The first kappa shape index (κ1) is 17.0. The summed E-state index contributed by atoms with van der Waals surface area (Å²) in [4.78, 5) is 27.0. The number of likely N-dealkylation sites (tertiary alicyclic amines) is 1. The highest BCUT2D eigenvalue weighted by Gasteiger charge is 2.47. The highest BCUT2D eigenvalue weighted by Crippen LogP contribution is 2.31. The number of thioether (sulfide) groups is 1. The van der Waals surface area contributed by atoms with Crippen LogP contribution in [0.4, 0.5) is 4.39 Å². The Morgan fingerprint density at radius 3 is 2.75 bits per heavy atom. The van der Waals surface area contributed by atoms with Crippen LogP contribution in [0.25, 0.3) is 0 Å². The van der Waals surface area contributed by atoms with Crippen molar-refractivity contribution in [2.24, 2.45) is 0 Å². The van der Waals surface area contributed by atoms with E-state index in [0.29, 0.717) is 5.56 Å². The van der Waals surface area contributed by atoms with Gasteiger partial charge in [-0.3, -0.25) is 4.79 Å². The van der Waals surface area contributed by atoms with Gasteiger partial charge in [0.2, 0.25) is 5.67 Å². The van der Waals surface area contributed by atoms with Crippen LogP contribution in [0, 0.1) is 0 Å². The maximum Gasteiger partial charge on any atom is 0.343 e. The van der Waals surface area contributed by atoms with Crippen molar-refractivity contribution >= 4 is 35.0 Å². The molecule has 0 spiro atoms. The highest BCUT2D eigenvalue weighted by atomic mass is 32.2. The van der Waals surface area contributed by atoms with Gasteiger partial charge in [0, 0.05) is 28.5 Å². The van der Waals surface area contributed by atoms with E-state index in [1.807, 2.05) is 29.6 Å². The topological polar surface area (TPSA) is 57.6 Å². The number of halogens is 1. The quantitative estimate of drug-likeness (QED) is 0.821. The number of carboxylic acids is 1. The number of hydrogen-bond donors (Lipinski definition) is 1. The minimum Gasteiger partial charge on any atom is -0.479 e. The predicted molar refractivity (Wildman–Crippen MR) is 92.3 cm³/mol. The Kier molecular flexibility index (Phi) is 4.91. The summed E-state index contributed by atoms with van der Waals surface area (Å²) in [7, 11) is 0. The van der Waals surface area contributed by atoms with Gasteiger partial charge >= 0.3 is 5.97 Å². The molecule has 1 fully saturated rings. The number of alkyl halides is 1. The molecule has 2 heterocycles. The van der Waals surface area contributed by atoms with Crippen LogP contribution in [0.5, 0.6) is 0 Å². The number of amides is 1. The molecule has 0 aliphatic carbocycles. The molecule has 1 N–H and O–H groups in total. The van der Waals surface area contributed by atoms with E-state index >= 15 is 0 Å². The van der Waals surface area contributed by atoms with E-state index < -0.39 is 18.2 Å². The summed E-state index contributed by atoms with van der Waals surface area (Å²) in [6, 6.07) is 11.2. The smallest absolute Gasteiger partial charge is 0.343 e. The summed E-state index contributed by atoms with van der Waals surface area (Å²) in [6.07, 6.45) is -0.168. The number of thiophene rings is 1. The average Bonchev–Trinajstić information content (AvgIpc) is 3.23. The summed E-state index contributed by atoms with van der Waals surface area (Å²) < 4.78 is 14.2. The van der Waals surface area contributed by atoms with Crippen molar-refractivity contribution in [2.45, 2.75) is 22.7 Å². The lowest BCUT2D eigenvalue weighted by molar-refractivity contribution is -0.149. The predicted octanol–water partition coefficient (Wildman–Crippen LogP) is 3.68. The fourth-order valence-electron chi connectivity index (χ4n) is 2.60. The van der Waals surface area contributed by atoms with E-state index in [4.69, 9.17) is 5.11 Å². The zero-order valence-corrected chi connectivity index (χ0v) is 14.4. The molecule has 24 heavy (non-hydrogen) atoms. The first-order chi connectivity index (χ1) is 11.5. The number of aliphatic carboxylic acids is 1. The second-order valence-corrected chi connectivity index (χ2v) is 7.66. The summed E-state index contributed by atoms with van der Waals surface area (Å²) in [5, 5.41) is 11.0. The summed E-state index contributed by atoms with van der Waals surface area (Å²) in [5.41, 5.74) is -1.84. The molecule has 0 bridgehead atoms. The first-order valence-electron chi connectivity index (χ1n) is 7.45. The molecule has 2 aromatic rings. The molecule has 0 saturated carbocycles. The van der Waals surface area contributed by atoms with Gasteiger partial charge in [-0.15, -0.1) is 23.1 Å². The molecule has 1 amide bonds. The van der Waals surface area contributed by atoms with Crippen LogP contribution in [0.15, 0.2) is 46.7 Å². The van der Waals surface area contributed by atoms with Gasteiger partial charge in [0.15, 0.2) is 0 Å².